The highest BCUT2D eigenvalue weighted by Crippen LogP contribution is 2.34. The number of anilines is 1. The van der Waals surface area contributed by atoms with Crippen LogP contribution in [0.4, 0.5) is 5.69 Å². The van der Waals surface area contributed by atoms with Gasteiger partial charge in [0.1, 0.15) is 11.4 Å². The van der Waals surface area contributed by atoms with Crippen molar-refractivity contribution in [3.8, 4) is 11.1 Å². The van der Waals surface area contributed by atoms with Crippen LogP contribution in [0.3, 0.4) is 0 Å². The second-order valence-corrected chi connectivity index (χ2v) is 7.14. The molecule has 6 heteroatoms. The number of thiol groups is 1. The van der Waals surface area contributed by atoms with Crippen LogP contribution in [0.25, 0.3) is 21.9 Å². The van der Waals surface area contributed by atoms with E-state index in [1.165, 1.54) is 0 Å². The van der Waals surface area contributed by atoms with Gasteiger partial charge in [-0.2, -0.15) is 0 Å². The van der Waals surface area contributed by atoms with Crippen LogP contribution in [0, 0.1) is 5.92 Å². The Labute approximate surface area is 162 Å². The van der Waals surface area contributed by atoms with Gasteiger partial charge in [-0.15, -0.1) is 12.6 Å². The third-order valence-corrected chi connectivity index (χ3v) is 5.09. The molecule has 1 saturated heterocycles. The highest BCUT2D eigenvalue weighted by molar-refractivity contribution is 7.80. The first-order chi connectivity index (χ1) is 13.0. The van der Waals surface area contributed by atoms with Crippen LogP contribution in [0.15, 0.2) is 60.7 Å². The lowest BCUT2D eigenvalue weighted by Gasteiger charge is -2.26. The summed E-state index contributed by atoms with van der Waals surface area (Å²) in [5.74, 6) is -1.36. The third kappa shape index (κ3) is 3.36. The molecule has 4 rings (SSSR count). The number of benzene rings is 3. The van der Waals surface area contributed by atoms with Gasteiger partial charge in [-0.25, -0.2) is 0 Å². The van der Waals surface area contributed by atoms with Gasteiger partial charge in [-0.1, -0.05) is 54.6 Å². The Morgan fingerprint density at radius 3 is 2.26 bits per heavy atom. The van der Waals surface area contributed by atoms with Gasteiger partial charge in [-0.3, -0.25) is 9.59 Å². The number of fused-ring (bicyclic) bond motifs is 1. The topological polar surface area (TPSA) is 84.2 Å². The van der Waals surface area contributed by atoms with Crippen molar-refractivity contribution in [2.75, 3.05) is 5.73 Å². The lowest BCUT2D eigenvalue weighted by molar-refractivity contribution is -0.138. The lowest BCUT2D eigenvalue weighted by atomic mass is 9.93. The molecule has 1 aliphatic heterocycles. The van der Waals surface area contributed by atoms with Gasteiger partial charge in [0.15, 0.2) is 0 Å². The summed E-state index contributed by atoms with van der Waals surface area (Å²) in [6.07, 6.45) is 0.337. The van der Waals surface area contributed by atoms with Gasteiger partial charge in [-0.05, 0) is 34.4 Å². The SMILES string of the molecule is Nc1ccc2ccccc2c1-c1ccc(CC2C(=O)NC(S)NC2=O)cc1. The number of amides is 2. The Kier molecular flexibility index (Phi) is 4.49. The second kappa shape index (κ2) is 6.96. The predicted octanol–water partition coefficient (Wildman–Crippen LogP) is 2.71. The largest absolute Gasteiger partial charge is 0.398 e. The first-order valence-corrected chi connectivity index (χ1v) is 9.20. The average molecular weight is 377 g/mol. The first kappa shape index (κ1) is 17.4. The second-order valence-electron chi connectivity index (χ2n) is 6.62. The summed E-state index contributed by atoms with van der Waals surface area (Å²) in [4.78, 5) is 24.1. The molecule has 1 fully saturated rings. The van der Waals surface area contributed by atoms with E-state index < -0.39 is 11.4 Å². The molecule has 3 aromatic carbocycles. The van der Waals surface area contributed by atoms with E-state index in [2.05, 4.69) is 35.4 Å². The van der Waals surface area contributed by atoms with Crippen LogP contribution in [0.2, 0.25) is 0 Å². The van der Waals surface area contributed by atoms with Crippen LogP contribution < -0.4 is 16.4 Å². The summed E-state index contributed by atoms with van der Waals surface area (Å²) in [7, 11) is 0. The summed E-state index contributed by atoms with van der Waals surface area (Å²) in [6, 6.07) is 19.9. The Balaban J connectivity index is 1.63. The third-order valence-electron chi connectivity index (χ3n) is 4.83. The number of nitrogens with one attached hydrogen (secondary N) is 2. The van der Waals surface area contributed by atoms with Gasteiger partial charge in [0.25, 0.3) is 0 Å². The fourth-order valence-electron chi connectivity index (χ4n) is 3.47. The molecule has 1 aliphatic rings. The van der Waals surface area contributed by atoms with Gasteiger partial charge >= 0.3 is 0 Å². The van der Waals surface area contributed by atoms with Crippen molar-refractivity contribution in [1.82, 2.24) is 10.6 Å². The van der Waals surface area contributed by atoms with E-state index >= 15 is 0 Å². The van der Waals surface area contributed by atoms with Gasteiger partial charge in [0, 0.05) is 11.3 Å². The zero-order valence-electron chi connectivity index (χ0n) is 14.5. The molecule has 2 amide bonds. The molecular weight excluding hydrogens is 358 g/mol. The van der Waals surface area contributed by atoms with Gasteiger partial charge in [0.05, 0.1) is 0 Å². The van der Waals surface area contributed by atoms with Gasteiger partial charge < -0.3 is 16.4 Å². The van der Waals surface area contributed by atoms with E-state index in [9.17, 15) is 9.59 Å². The molecule has 27 heavy (non-hydrogen) atoms. The molecule has 0 saturated carbocycles. The Hall–Kier alpha value is -2.99. The normalized spacial score (nSPS) is 19.6. The maximum Gasteiger partial charge on any atom is 0.235 e. The van der Waals surface area contributed by atoms with E-state index in [1.807, 2.05) is 48.5 Å². The molecule has 0 bridgehead atoms. The monoisotopic (exact) mass is 377 g/mol. The molecule has 0 aromatic heterocycles. The van der Waals surface area contributed by atoms with E-state index in [4.69, 9.17) is 5.73 Å². The van der Waals surface area contributed by atoms with E-state index in [0.29, 0.717) is 12.1 Å². The van der Waals surface area contributed by atoms with E-state index in [0.717, 1.165) is 27.5 Å². The summed E-state index contributed by atoms with van der Waals surface area (Å²) < 4.78 is 0. The first-order valence-electron chi connectivity index (χ1n) is 8.68. The number of nitrogens with two attached hydrogens (primary N) is 1. The lowest BCUT2D eigenvalue weighted by Crippen LogP contribution is -2.57. The molecule has 136 valence electrons. The molecule has 4 N–H and O–H groups in total. The molecule has 0 radical (unpaired) electrons. The molecule has 0 aliphatic carbocycles. The zero-order chi connectivity index (χ0) is 19.0. The van der Waals surface area contributed by atoms with Crippen LogP contribution in [0.1, 0.15) is 5.56 Å². The summed E-state index contributed by atoms with van der Waals surface area (Å²) in [5.41, 5.74) is 9.23. The molecule has 0 spiro atoms. The number of carbonyl (C=O) groups excluding carboxylic acids is 2. The van der Waals surface area contributed by atoms with E-state index in [1.54, 1.807) is 0 Å². The summed E-state index contributed by atoms with van der Waals surface area (Å²) in [5, 5.41) is 7.46. The van der Waals surface area contributed by atoms with Crippen molar-refractivity contribution in [1.29, 1.82) is 0 Å². The average Bonchev–Trinajstić information content (AvgIpc) is 2.65. The smallest absolute Gasteiger partial charge is 0.235 e. The van der Waals surface area contributed by atoms with Crippen molar-refractivity contribution in [3.05, 3.63) is 66.2 Å². The van der Waals surface area contributed by atoms with Crippen molar-refractivity contribution in [3.63, 3.8) is 0 Å². The Morgan fingerprint density at radius 2 is 1.56 bits per heavy atom. The molecular formula is C21H19N3O2S. The maximum absolute atomic E-state index is 12.1. The standard InChI is InChI=1S/C21H19N3O2S/c22-17-10-9-13-3-1-2-4-15(13)18(17)14-7-5-12(6-8-14)11-16-19(25)23-21(27)24-20(16)26/h1-10,16,21,27H,11,22H2,(H,23,25)(H,24,26). The van der Waals surface area contributed by atoms with Gasteiger partial charge in [0.2, 0.25) is 11.8 Å². The van der Waals surface area contributed by atoms with Crippen molar-refractivity contribution >= 4 is 40.9 Å². The Morgan fingerprint density at radius 1 is 0.889 bits per heavy atom. The molecule has 0 unspecified atom stereocenters. The molecule has 3 aromatic rings. The molecule has 0 atom stereocenters. The minimum absolute atomic E-state index is 0.305. The summed E-state index contributed by atoms with van der Waals surface area (Å²) in [6.45, 7) is 0. The van der Waals surface area contributed by atoms with Crippen LogP contribution >= 0.6 is 12.6 Å². The van der Waals surface area contributed by atoms with Crippen LogP contribution in [0.5, 0.6) is 0 Å². The van der Waals surface area contributed by atoms with Crippen molar-refractivity contribution < 1.29 is 9.59 Å². The number of nitrogen functional groups attached to an aromatic ring is 1. The van der Waals surface area contributed by atoms with Crippen molar-refractivity contribution in [2.24, 2.45) is 5.92 Å². The van der Waals surface area contributed by atoms with Crippen LogP contribution in [-0.4, -0.2) is 17.3 Å². The number of hydrogen-bond donors (Lipinski definition) is 4. The number of carbonyl (C=O) groups is 2. The van der Waals surface area contributed by atoms with Crippen LogP contribution in [-0.2, 0) is 16.0 Å². The van der Waals surface area contributed by atoms with Crippen molar-refractivity contribution in [2.45, 2.75) is 11.9 Å². The fourth-order valence-corrected chi connectivity index (χ4v) is 3.72. The molecule has 1 heterocycles. The highest BCUT2D eigenvalue weighted by atomic mass is 32.1. The molecule has 5 nitrogen and oxygen atoms in total. The van der Waals surface area contributed by atoms with E-state index in [-0.39, 0.29) is 11.8 Å². The maximum atomic E-state index is 12.1. The predicted molar refractivity (Wildman–Crippen MR) is 110 cm³/mol. The minimum atomic E-state index is -0.748. The number of rotatable bonds is 3. The number of hydrogen-bond acceptors (Lipinski definition) is 4. The highest BCUT2D eigenvalue weighted by Gasteiger charge is 2.33. The quantitative estimate of drug-likeness (QED) is 0.322. The Bertz CT molecular complexity index is 1020. The summed E-state index contributed by atoms with van der Waals surface area (Å²) >= 11 is 4.06. The zero-order valence-corrected chi connectivity index (χ0v) is 15.4. The fraction of sp³-hybridized carbons (Fsp3) is 0.143. The minimum Gasteiger partial charge on any atom is -0.398 e.